The molecule has 0 saturated heterocycles. The van der Waals surface area contributed by atoms with Gasteiger partial charge in [0.05, 0.1) is 5.88 Å². The number of hydrogen-bond donors (Lipinski definition) is 0. The molecule has 0 saturated carbocycles. The average Bonchev–Trinajstić information content (AvgIpc) is 2.30. The van der Waals surface area contributed by atoms with Crippen LogP contribution in [0.3, 0.4) is 0 Å². The van der Waals surface area contributed by atoms with Crippen LogP contribution in [0.1, 0.15) is 32.3 Å². The van der Waals surface area contributed by atoms with Gasteiger partial charge in [0.15, 0.2) is 0 Å². The lowest BCUT2D eigenvalue weighted by molar-refractivity contribution is 0.582. The van der Waals surface area contributed by atoms with E-state index in [1.807, 2.05) is 13.1 Å². The van der Waals surface area contributed by atoms with Gasteiger partial charge in [0.2, 0.25) is 0 Å². The standard InChI is InChI=1S/C13H19ClFN/c1-4-10(5-2)16(3)13-8-6-7-12(15)11(13)9-14/h6-8,10H,4-5,9H2,1-3H3. The fraction of sp³-hybridized carbons (Fsp3) is 0.538. The fourth-order valence-corrected chi connectivity index (χ4v) is 2.31. The summed E-state index contributed by atoms with van der Waals surface area (Å²) in [6, 6.07) is 5.56. The number of rotatable bonds is 5. The fourth-order valence-electron chi connectivity index (χ4n) is 2.04. The molecule has 1 rings (SSSR count). The Kier molecular flexibility index (Phi) is 5.07. The molecule has 0 bridgehead atoms. The van der Waals surface area contributed by atoms with Crippen molar-refractivity contribution in [2.45, 2.75) is 38.6 Å². The highest BCUT2D eigenvalue weighted by atomic mass is 35.5. The summed E-state index contributed by atoms with van der Waals surface area (Å²) in [5, 5.41) is 0. The summed E-state index contributed by atoms with van der Waals surface area (Å²) in [6.07, 6.45) is 2.09. The lowest BCUT2D eigenvalue weighted by atomic mass is 10.1. The maximum atomic E-state index is 13.6. The number of nitrogens with zero attached hydrogens (tertiary/aromatic N) is 1. The van der Waals surface area contributed by atoms with Crippen molar-refractivity contribution < 1.29 is 4.39 Å². The summed E-state index contributed by atoms with van der Waals surface area (Å²) in [7, 11) is 2.00. The first-order valence-electron chi connectivity index (χ1n) is 5.71. The van der Waals surface area contributed by atoms with Gasteiger partial charge in [-0.05, 0) is 25.0 Å². The van der Waals surface area contributed by atoms with E-state index in [4.69, 9.17) is 11.6 Å². The molecule has 0 atom stereocenters. The Morgan fingerprint density at radius 3 is 2.44 bits per heavy atom. The molecule has 0 aliphatic carbocycles. The summed E-state index contributed by atoms with van der Waals surface area (Å²) >= 11 is 5.81. The molecule has 0 spiro atoms. The third-order valence-corrected chi connectivity index (χ3v) is 3.37. The normalized spacial score (nSPS) is 10.9. The molecule has 0 heterocycles. The minimum Gasteiger partial charge on any atom is -0.371 e. The molecule has 1 aromatic carbocycles. The lowest BCUT2D eigenvalue weighted by Crippen LogP contribution is -2.31. The zero-order valence-corrected chi connectivity index (χ0v) is 10.9. The molecule has 90 valence electrons. The van der Waals surface area contributed by atoms with E-state index < -0.39 is 0 Å². The molecule has 0 fully saturated rings. The van der Waals surface area contributed by atoms with E-state index in [0.29, 0.717) is 11.6 Å². The average molecular weight is 244 g/mol. The molecule has 0 amide bonds. The first-order valence-corrected chi connectivity index (χ1v) is 6.25. The third kappa shape index (κ3) is 2.67. The van der Waals surface area contributed by atoms with E-state index in [2.05, 4.69) is 18.7 Å². The predicted molar refractivity (Wildman–Crippen MR) is 68.7 cm³/mol. The molecule has 1 nitrogen and oxygen atoms in total. The number of hydrogen-bond acceptors (Lipinski definition) is 1. The first-order chi connectivity index (χ1) is 7.65. The van der Waals surface area contributed by atoms with Gasteiger partial charge in [-0.25, -0.2) is 4.39 Å². The third-order valence-electron chi connectivity index (χ3n) is 3.10. The van der Waals surface area contributed by atoms with Crippen molar-refractivity contribution >= 4 is 17.3 Å². The Balaban J connectivity index is 3.07. The second-order valence-corrected chi connectivity index (χ2v) is 4.22. The Labute approximate surface area is 102 Å². The number of alkyl halides is 1. The molecule has 0 radical (unpaired) electrons. The highest BCUT2D eigenvalue weighted by Crippen LogP contribution is 2.26. The largest absolute Gasteiger partial charge is 0.371 e. The van der Waals surface area contributed by atoms with Gasteiger partial charge in [-0.1, -0.05) is 19.9 Å². The van der Waals surface area contributed by atoms with Crippen LogP contribution in [-0.2, 0) is 5.88 Å². The van der Waals surface area contributed by atoms with Crippen molar-refractivity contribution in [1.82, 2.24) is 0 Å². The number of halogens is 2. The summed E-state index contributed by atoms with van der Waals surface area (Å²) in [4.78, 5) is 2.13. The van der Waals surface area contributed by atoms with Crippen molar-refractivity contribution in [3.05, 3.63) is 29.6 Å². The second-order valence-electron chi connectivity index (χ2n) is 3.95. The van der Waals surface area contributed by atoms with Crippen LogP contribution in [0.4, 0.5) is 10.1 Å². The maximum absolute atomic E-state index is 13.6. The van der Waals surface area contributed by atoms with Crippen LogP contribution < -0.4 is 4.90 Å². The smallest absolute Gasteiger partial charge is 0.129 e. The molecule has 16 heavy (non-hydrogen) atoms. The SMILES string of the molecule is CCC(CC)N(C)c1cccc(F)c1CCl. The van der Waals surface area contributed by atoms with E-state index in [1.165, 1.54) is 6.07 Å². The molecule has 0 unspecified atom stereocenters. The van der Waals surface area contributed by atoms with Gasteiger partial charge < -0.3 is 4.90 Å². The molecule has 0 aliphatic heterocycles. The van der Waals surface area contributed by atoms with Gasteiger partial charge in [0.25, 0.3) is 0 Å². The molecular formula is C13H19ClFN. The zero-order valence-electron chi connectivity index (χ0n) is 10.1. The number of benzene rings is 1. The minimum atomic E-state index is -0.217. The predicted octanol–water partition coefficient (Wildman–Crippen LogP) is 4.19. The van der Waals surface area contributed by atoms with Gasteiger partial charge in [-0.15, -0.1) is 11.6 Å². The van der Waals surface area contributed by atoms with E-state index >= 15 is 0 Å². The molecule has 1 aromatic rings. The Morgan fingerprint density at radius 1 is 1.31 bits per heavy atom. The molecule has 0 aliphatic rings. The number of anilines is 1. The first kappa shape index (κ1) is 13.3. The molecular weight excluding hydrogens is 225 g/mol. The quantitative estimate of drug-likeness (QED) is 0.701. The molecule has 0 N–H and O–H groups in total. The maximum Gasteiger partial charge on any atom is 0.129 e. The molecule has 0 aromatic heterocycles. The van der Waals surface area contributed by atoms with Gasteiger partial charge in [-0.2, -0.15) is 0 Å². The van der Waals surface area contributed by atoms with E-state index in [-0.39, 0.29) is 11.7 Å². The van der Waals surface area contributed by atoms with Crippen LogP contribution in [0.5, 0.6) is 0 Å². The van der Waals surface area contributed by atoms with E-state index in [9.17, 15) is 4.39 Å². The summed E-state index contributed by atoms with van der Waals surface area (Å²) in [5.41, 5.74) is 1.50. The van der Waals surface area contributed by atoms with Crippen LogP contribution in [0.25, 0.3) is 0 Å². The van der Waals surface area contributed by atoms with Gasteiger partial charge >= 0.3 is 0 Å². The Morgan fingerprint density at radius 2 is 1.94 bits per heavy atom. The highest BCUT2D eigenvalue weighted by Gasteiger charge is 2.16. The zero-order chi connectivity index (χ0) is 12.1. The van der Waals surface area contributed by atoms with Gasteiger partial charge in [0, 0.05) is 24.3 Å². The highest BCUT2D eigenvalue weighted by molar-refractivity contribution is 6.17. The van der Waals surface area contributed by atoms with Gasteiger partial charge in [0.1, 0.15) is 5.82 Å². The van der Waals surface area contributed by atoms with E-state index in [0.717, 1.165) is 18.5 Å². The Hall–Kier alpha value is -0.760. The molecule has 3 heteroatoms. The second kappa shape index (κ2) is 6.09. The van der Waals surface area contributed by atoms with Crippen molar-refractivity contribution in [3.63, 3.8) is 0 Å². The van der Waals surface area contributed by atoms with Gasteiger partial charge in [-0.3, -0.25) is 0 Å². The minimum absolute atomic E-state index is 0.215. The summed E-state index contributed by atoms with van der Waals surface area (Å²) in [6.45, 7) is 4.29. The summed E-state index contributed by atoms with van der Waals surface area (Å²) in [5.74, 6) is -0.00253. The van der Waals surface area contributed by atoms with Crippen molar-refractivity contribution in [3.8, 4) is 0 Å². The van der Waals surface area contributed by atoms with Crippen LogP contribution in [0.2, 0.25) is 0 Å². The topological polar surface area (TPSA) is 3.24 Å². The monoisotopic (exact) mass is 243 g/mol. The van der Waals surface area contributed by atoms with Crippen LogP contribution >= 0.6 is 11.6 Å². The van der Waals surface area contributed by atoms with Crippen LogP contribution in [0, 0.1) is 5.82 Å². The van der Waals surface area contributed by atoms with Crippen LogP contribution in [-0.4, -0.2) is 13.1 Å². The van der Waals surface area contributed by atoms with Crippen molar-refractivity contribution in [2.24, 2.45) is 0 Å². The van der Waals surface area contributed by atoms with Crippen LogP contribution in [0.15, 0.2) is 18.2 Å². The summed E-state index contributed by atoms with van der Waals surface area (Å²) < 4.78 is 13.6. The van der Waals surface area contributed by atoms with Crippen molar-refractivity contribution in [1.29, 1.82) is 0 Å². The van der Waals surface area contributed by atoms with Crippen molar-refractivity contribution in [2.75, 3.05) is 11.9 Å². The Bertz CT molecular complexity index is 337. The van der Waals surface area contributed by atoms with E-state index in [1.54, 1.807) is 6.07 Å². The lowest BCUT2D eigenvalue weighted by Gasteiger charge is -2.30.